The lowest BCUT2D eigenvalue weighted by Crippen LogP contribution is -2.29. The van der Waals surface area contributed by atoms with Crippen molar-refractivity contribution in [3.8, 4) is 0 Å². The van der Waals surface area contributed by atoms with Crippen molar-refractivity contribution in [2.24, 2.45) is 0 Å². The molecule has 4 rings (SSSR count). The summed E-state index contributed by atoms with van der Waals surface area (Å²) in [6, 6.07) is 28.1. The van der Waals surface area contributed by atoms with Crippen molar-refractivity contribution in [2.75, 3.05) is 0 Å². The van der Waals surface area contributed by atoms with E-state index < -0.39 is 5.97 Å². The Kier molecular flexibility index (Phi) is 5.57. The number of nitrogens with zero attached hydrogens (tertiary/aromatic N) is 1. The maximum Gasteiger partial charge on any atom is 0.328 e. The van der Waals surface area contributed by atoms with Crippen LogP contribution in [0.2, 0.25) is 0 Å². The van der Waals surface area contributed by atoms with Gasteiger partial charge in [0.05, 0.1) is 0 Å². The zero-order chi connectivity index (χ0) is 20.9. The molecule has 4 aromatic rings. The Labute approximate surface area is 174 Å². The van der Waals surface area contributed by atoms with Gasteiger partial charge >= 0.3 is 5.97 Å². The quantitative estimate of drug-likeness (QED) is 0.459. The molecule has 0 saturated heterocycles. The third kappa shape index (κ3) is 4.23. The van der Waals surface area contributed by atoms with E-state index in [1.807, 2.05) is 84.9 Å². The second-order valence-electron chi connectivity index (χ2n) is 7.14. The number of aliphatic carboxylic acids is 1. The van der Waals surface area contributed by atoms with E-state index in [2.05, 4.69) is 0 Å². The molecule has 4 nitrogen and oxygen atoms in total. The number of rotatable bonds is 6. The highest BCUT2D eigenvalue weighted by atomic mass is 16.4. The van der Waals surface area contributed by atoms with Gasteiger partial charge in [-0.1, -0.05) is 84.9 Å². The Morgan fingerprint density at radius 1 is 0.667 bits per heavy atom. The minimum Gasteiger partial charge on any atom is -0.478 e. The molecule has 0 aliphatic rings. The maximum atomic E-state index is 12.9. The summed E-state index contributed by atoms with van der Waals surface area (Å²) in [5.74, 6) is -1.48. The molecule has 0 aliphatic heterocycles. The van der Waals surface area contributed by atoms with Gasteiger partial charge in [-0.25, -0.2) is 4.79 Å². The smallest absolute Gasteiger partial charge is 0.328 e. The van der Waals surface area contributed by atoms with Crippen LogP contribution >= 0.6 is 0 Å². The molecule has 1 amide bonds. The second kappa shape index (κ2) is 8.62. The van der Waals surface area contributed by atoms with Gasteiger partial charge in [0, 0.05) is 25.2 Å². The molecule has 4 heteroatoms. The van der Waals surface area contributed by atoms with E-state index in [9.17, 15) is 9.59 Å². The largest absolute Gasteiger partial charge is 0.478 e. The predicted octanol–water partition coefficient (Wildman–Crippen LogP) is 5.16. The van der Waals surface area contributed by atoms with Crippen molar-refractivity contribution in [3.63, 3.8) is 0 Å². The van der Waals surface area contributed by atoms with Gasteiger partial charge in [0.25, 0.3) is 0 Å². The molecule has 0 heterocycles. The van der Waals surface area contributed by atoms with Gasteiger partial charge in [-0.2, -0.15) is 0 Å². The molecule has 0 aromatic heterocycles. The predicted molar refractivity (Wildman–Crippen MR) is 119 cm³/mol. The Hall–Kier alpha value is -3.92. The van der Waals surface area contributed by atoms with Crippen LogP contribution in [0.1, 0.15) is 11.1 Å². The van der Waals surface area contributed by atoms with Crippen molar-refractivity contribution in [3.05, 3.63) is 108 Å². The molecule has 0 fully saturated rings. The van der Waals surface area contributed by atoms with Crippen LogP contribution in [0.5, 0.6) is 0 Å². The Bertz CT molecular complexity index is 1170. The highest BCUT2D eigenvalue weighted by molar-refractivity contribution is 5.95. The first-order valence-electron chi connectivity index (χ1n) is 9.75. The van der Waals surface area contributed by atoms with Crippen LogP contribution in [0, 0.1) is 0 Å². The number of amides is 1. The topological polar surface area (TPSA) is 57.6 Å². The van der Waals surface area contributed by atoms with Crippen molar-refractivity contribution in [2.45, 2.75) is 13.1 Å². The summed E-state index contributed by atoms with van der Waals surface area (Å²) in [6.45, 7) is 0.765. The molecular weight excluding hydrogens is 374 g/mol. The summed E-state index contributed by atoms with van der Waals surface area (Å²) >= 11 is 0. The highest BCUT2D eigenvalue weighted by Crippen LogP contribution is 2.24. The van der Waals surface area contributed by atoms with Crippen LogP contribution < -0.4 is 0 Å². The van der Waals surface area contributed by atoms with E-state index in [1.165, 1.54) is 0 Å². The van der Waals surface area contributed by atoms with Crippen LogP contribution in [-0.4, -0.2) is 21.9 Å². The van der Waals surface area contributed by atoms with Crippen LogP contribution in [0.4, 0.5) is 0 Å². The molecule has 148 valence electrons. The summed E-state index contributed by atoms with van der Waals surface area (Å²) in [5.41, 5.74) is 2.04. The molecule has 0 saturated carbocycles. The van der Waals surface area contributed by atoms with Gasteiger partial charge in [-0.05, 0) is 32.7 Å². The first-order valence-corrected chi connectivity index (χ1v) is 9.75. The van der Waals surface area contributed by atoms with E-state index in [-0.39, 0.29) is 5.91 Å². The summed E-state index contributed by atoms with van der Waals surface area (Å²) < 4.78 is 0. The van der Waals surface area contributed by atoms with Crippen molar-refractivity contribution in [1.82, 2.24) is 4.90 Å². The molecule has 1 N–H and O–H groups in total. The molecule has 0 aliphatic carbocycles. The number of carbonyl (C=O) groups is 2. The van der Waals surface area contributed by atoms with E-state index >= 15 is 0 Å². The van der Waals surface area contributed by atoms with Gasteiger partial charge in [0.1, 0.15) is 0 Å². The summed E-state index contributed by atoms with van der Waals surface area (Å²) in [4.78, 5) is 25.5. The fourth-order valence-corrected chi connectivity index (χ4v) is 3.73. The first-order chi connectivity index (χ1) is 14.6. The minimum absolute atomic E-state index is 0.335. The lowest BCUT2D eigenvalue weighted by molar-refractivity contribution is -0.132. The third-order valence-corrected chi connectivity index (χ3v) is 5.16. The Morgan fingerprint density at radius 2 is 1.13 bits per heavy atom. The van der Waals surface area contributed by atoms with Gasteiger partial charge < -0.3 is 10.0 Å². The standard InChI is InChI=1S/C26H21NO3/c28-25(15-16-26(29)30)27(17-21-11-5-9-19-7-1-3-13-23(19)21)18-22-12-6-10-20-8-2-4-14-24(20)22/h1-16H,17-18H2,(H,29,30)/b16-15+. The lowest BCUT2D eigenvalue weighted by atomic mass is 10.0. The monoisotopic (exact) mass is 395 g/mol. The summed E-state index contributed by atoms with van der Waals surface area (Å²) in [5, 5.41) is 13.3. The Morgan fingerprint density at radius 3 is 1.63 bits per heavy atom. The van der Waals surface area contributed by atoms with Gasteiger partial charge in [-0.15, -0.1) is 0 Å². The Balaban J connectivity index is 1.72. The van der Waals surface area contributed by atoms with Crippen LogP contribution in [0.25, 0.3) is 21.5 Å². The van der Waals surface area contributed by atoms with Crippen molar-refractivity contribution < 1.29 is 14.7 Å². The van der Waals surface area contributed by atoms with Crippen LogP contribution in [-0.2, 0) is 22.7 Å². The van der Waals surface area contributed by atoms with E-state index in [0.717, 1.165) is 44.8 Å². The maximum absolute atomic E-state index is 12.9. The molecule has 0 spiro atoms. The molecule has 30 heavy (non-hydrogen) atoms. The second-order valence-corrected chi connectivity index (χ2v) is 7.14. The van der Waals surface area contributed by atoms with Crippen LogP contribution in [0.15, 0.2) is 97.1 Å². The zero-order valence-corrected chi connectivity index (χ0v) is 16.4. The van der Waals surface area contributed by atoms with Gasteiger partial charge in [-0.3, -0.25) is 4.79 Å². The van der Waals surface area contributed by atoms with Gasteiger partial charge in [0.2, 0.25) is 5.91 Å². The number of fused-ring (bicyclic) bond motifs is 2. The summed E-state index contributed by atoms with van der Waals surface area (Å²) in [7, 11) is 0. The number of carboxylic acids is 1. The minimum atomic E-state index is -1.14. The fourth-order valence-electron chi connectivity index (χ4n) is 3.73. The van der Waals surface area contributed by atoms with Crippen molar-refractivity contribution >= 4 is 33.4 Å². The fraction of sp³-hybridized carbons (Fsp3) is 0.0769. The SMILES string of the molecule is O=C(O)/C=C/C(=O)N(Cc1cccc2ccccc12)Cc1cccc2ccccc12. The number of hydrogen-bond acceptors (Lipinski definition) is 2. The molecule has 0 atom stereocenters. The van der Waals surface area contributed by atoms with E-state index in [4.69, 9.17) is 5.11 Å². The average molecular weight is 395 g/mol. The third-order valence-electron chi connectivity index (χ3n) is 5.16. The van der Waals surface area contributed by atoms with Crippen LogP contribution in [0.3, 0.4) is 0 Å². The highest BCUT2D eigenvalue weighted by Gasteiger charge is 2.15. The van der Waals surface area contributed by atoms with Gasteiger partial charge in [0.15, 0.2) is 0 Å². The summed E-state index contributed by atoms with van der Waals surface area (Å²) in [6.07, 6.45) is 2.01. The lowest BCUT2D eigenvalue weighted by Gasteiger charge is -2.23. The first kappa shape index (κ1) is 19.4. The zero-order valence-electron chi connectivity index (χ0n) is 16.4. The van der Waals surface area contributed by atoms with Crippen molar-refractivity contribution in [1.29, 1.82) is 0 Å². The molecule has 0 bridgehead atoms. The molecule has 4 aromatic carbocycles. The average Bonchev–Trinajstić information content (AvgIpc) is 2.77. The molecule has 0 unspecified atom stereocenters. The molecule has 0 radical (unpaired) electrons. The molecular formula is C26H21NO3. The number of hydrogen-bond donors (Lipinski definition) is 1. The number of benzene rings is 4. The van der Waals surface area contributed by atoms with E-state index in [0.29, 0.717) is 13.1 Å². The normalized spacial score (nSPS) is 11.2. The number of carboxylic acid groups (broad SMARTS) is 1. The van der Waals surface area contributed by atoms with E-state index in [1.54, 1.807) is 4.90 Å². The number of carbonyl (C=O) groups excluding carboxylic acids is 1.